The highest BCUT2D eigenvalue weighted by atomic mass is 16.4. The van der Waals surface area contributed by atoms with Crippen molar-refractivity contribution in [1.29, 1.82) is 0 Å². The molecule has 11 amide bonds. The highest BCUT2D eigenvalue weighted by Crippen LogP contribution is 2.00. The van der Waals surface area contributed by atoms with Gasteiger partial charge >= 0.3 is 5.97 Å². The Bertz CT molecular complexity index is 1550. The molecule has 3 atom stereocenters. The molecule has 0 radical (unpaired) electrons. The molecule has 28 heteroatoms. The van der Waals surface area contributed by atoms with Gasteiger partial charge in [-0.3, -0.25) is 62.5 Å². The van der Waals surface area contributed by atoms with Crippen LogP contribution in [0.2, 0.25) is 0 Å². The number of aliphatic imine (C=N–C) groups is 1. The largest absolute Gasteiger partial charge is 0.480 e. The number of aliphatic carboxylic acids is 1. The number of nitrogens with one attached hydrogen (secondary N) is 11. The van der Waals surface area contributed by atoms with E-state index in [2.05, 4.69) is 58.2 Å². The molecule has 0 aliphatic heterocycles. The average molecular weight is 830 g/mol. The van der Waals surface area contributed by atoms with Crippen LogP contribution in [0.1, 0.15) is 26.7 Å². The smallest absolute Gasteiger partial charge is 0.322 e. The van der Waals surface area contributed by atoms with Gasteiger partial charge in [0.05, 0.1) is 52.4 Å². The Morgan fingerprint density at radius 2 is 0.845 bits per heavy atom. The van der Waals surface area contributed by atoms with E-state index in [0.717, 1.165) is 0 Å². The Balaban J connectivity index is 4.37. The van der Waals surface area contributed by atoms with Gasteiger partial charge in [0.2, 0.25) is 65.0 Å². The molecular weight excluding hydrogens is 778 g/mol. The van der Waals surface area contributed by atoms with Crippen LogP contribution in [0.5, 0.6) is 0 Å². The van der Waals surface area contributed by atoms with Crippen LogP contribution < -0.4 is 75.7 Å². The summed E-state index contributed by atoms with van der Waals surface area (Å²) in [6, 6.07) is -3.36. The Morgan fingerprint density at radius 1 is 0.483 bits per heavy atom. The quantitative estimate of drug-likeness (QED) is 0.0208. The zero-order valence-corrected chi connectivity index (χ0v) is 31.7. The van der Waals surface area contributed by atoms with Gasteiger partial charge in [-0.05, 0) is 26.7 Å². The molecule has 0 rings (SSSR count). The molecule has 324 valence electrons. The van der Waals surface area contributed by atoms with Gasteiger partial charge in [-0.15, -0.1) is 0 Å². The number of carbonyl (C=O) groups excluding carboxylic acids is 11. The fourth-order valence-electron chi connectivity index (χ4n) is 3.85. The first-order valence-corrected chi connectivity index (χ1v) is 17.3. The summed E-state index contributed by atoms with van der Waals surface area (Å²) in [6.07, 6.45) is 0.433. The van der Waals surface area contributed by atoms with Crippen molar-refractivity contribution in [2.24, 2.45) is 22.2 Å². The number of nitrogens with zero attached hydrogens (tertiary/aromatic N) is 1. The van der Waals surface area contributed by atoms with Crippen molar-refractivity contribution in [2.45, 2.75) is 44.8 Å². The summed E-state index contributed by atoms with van der Waals surface area (Å²) in [5.74, 6) is -9.85. The number of carboxylic acid groups (broad SMARTS) is 1. The summed E-state index contributed by atoms with van der Waals surface area (Å²) in [5, 5.41) is 33.0. The Labute approximate surface area is 330 Å². The number of guanidine groups is 1. The number of hydrogen-bond acceptors (Lipinski definition) is 14. The first kappa shape index (κ1) is 50.9. The van der Waals surface area contributed by atoms with Crippen LogP contribution in [-0.2, 0) is 57.5 Å². The highest BCUT2D eigenvalue weighted by molar-refractivity contribution is 5.95. The molecule has 0 aromatic heterocycles. The maximum atomic E-state index is 12.7. The van der Waals surface area contributed by atoms with Crippen LogP contribution in [0.3, 0.4) is 0 Å². The van der Waals surface area contributed by atoms with Crippen molar-refractivity contribution in [3.05, 3.63) is 0 Å². The Hall–Kier alpha value is -7.13. The van der Waals surface area contributed by atoms with Gasteiger partial charge in [-0.2, -0.15) is 0 Å². The fourth-order valence-corrected chi connectivity index (χ4v) is 3.85. The molecule has 0 saturated carbocycles. The molecule has 0 heterocycles. The number of rotatable bonds is 27. The average Bonchev–Trinajstić information content (AvgIpc) is 3.17. The molecule has 0 spiro atoms. The normalized spacial score (nSPS) is 11.6. The van der Waals surface area contributed by atoms with Gasteiger partial charge in [-0.1, -0.05) is 0 Å². The van der Waals surface area contributed by atoms with Gasteiger partial charge in [0, 0.05) is 6.54 Å². The number of carboxylic acids is 1. The van der Waals surface area contributed by atoms with Crippen molar-refractivity contribution in [1.82, 2.24) is 58.5 Å². The Kier molecular flexibility index (Phi) is 24.8. The van der Waals surface area contributed by atoms with Gasteiger partial charge in [0.15, 0.2) is 5.96 Å². The van der Waals surface area contributed by atoms with E-state index in [1.165, 1.54) is 13.8 Å². The van der Waals surface area contributed by atoms with Crippen molar-refractivity contribution in [3.8, 4) is 0 Å². The second-order valence-corrected chi connectivity index (χ2v) is 11.8. The number of carbonyl (C=O) groups is 12. The molecule has 28 nitrogen and oxygen atoms in total. The summed E-state index contributed by atoms with van der Waals surface area (Å²) in [4.78, 5) is 146. The number of nitrogens with two attached hydrogens (primary N) is 3. The first-order chi connectivity index (χ1) is 27.2. The van der Waals surface area contributed by atoms with E-state index in [1.54, 1.807) is 0 Å². The van der Waals surface area contributed by atoms with Gasteiger partial charge in [-0.25, -0.2) is 0 Å². The first-order valence-electron chi connectivity index (χ1n) is 17.3. The van der Waals surface area contributed by atoms with E-state index in [1.807, 2.05) is 5.32 Å². The minimum Gasteiger partial charge on any atom is -0.480 e. The molecule has 0 aliphatic rings. The Morgan fingerprint density at radius 3 is 1.22 bits per heavy atom. The molecular formula is C30H51N15O13. The zero-order valence-electron chi connectivity index (χ0n) is 31.7. The second-order valence-electron chi connectivity index (χ2n) is 11.8. The van der Waals surface area contributed by atoms with Crippen LogP contribution in [0.15, 0.2) is 4.99 Å². The topological polar surface area (TPSA) is 448 Å². The van der Waals surface area contributed by atoms with Crippen LogP contribution >= 0.6 is 0 Å². The highest BCUT2D eigenvalue weighted by Gasteiger charge is 2.24. The summed E-state index contributed by atoms with van der Waals surface area (Å²) < 4.78 is 0. The predicted octanol–water partition coefficient (Wildman–Crippen LogP) is -10.5. The molecule has 0 aromatic rings. The van der Waals surface area contributed by atoms with E-state index >= 15 is 0 Å². The summed E-state index contributed by atoms with van der Waals surface area (Å²) in [6.45, 7) is -2.29. The number of amides is 11. The maximum absolute atomic E-state index is 12.7. The lowest BCUT2D eigenvalue weighted by atomic mass is 10.1. The summed E-state index contributed by atoms with van der Waals surface area (Å²) >= 11 is 0. The zero-order chi connectivity index (χ0) is 44.2. The summed E-state index contributed by atoms with van der Waals surface area (Å²) in [5.41, 5.74) is 15.8. The maximum Gasteiger partial charge on any atom is 0.322 e. The molecule has 0 saturated heterocycles. The van der Waals surface area contributed by atoms with Gasteiger partial charge in [0.1, 0.15) is 24.7 Å². The van der Waals surface area contributed by atoms with Crippen LogP contribution in [-0.4, -0.2) is 166 Å². The lowest BCUT2D eigenvalue weighted by Crippen LogP contribution is -2.54. The van der Waals surface area contributed by atoms with Gasteiger partial charge in [0.25, 0.3) is 0 Å². The minimum atomic E-state index is -1.28. The van der Waals surface area contributed by atoms with Crippen molar-refractivity contribution >= 4 is 76.9 Å². The third kappa shape index (κ3) is 25.8. The van der Waals surface area contributed by atoms with Crippen molar-refractivity contribution in [3.63, 3.8) is 0 Å². The second kappa shape index (κ2) is 28.3. The third-order valence-electron chi connectivity index (χ3n) is 6.82. The predicted molar refractivity (Wildman–Crippen MR) is 198 cm³/mol. The van der Waals surface area contributed by atoms with E-state index in [9.17, 15) is 57.5 Å². The van der Waals surface area contributed by atoms with E-state index < -0.39 is 141 Å². The number of hydrogen-bond donors (Lipinski definition) is 15. The van der Waals surface area contributed by atoms with Gasteiger partial charge < -0.3 is 80.8 Å². The van der Waals surface area contributed by atoms with Crippen LogP contribution in [0, 0.1) is 0 Å². The molecule has 0 fully saturated rings. The fraction of sp³-hybridized carbons (Fsp3) is 0.567. The summed E-state index contributed by atoms with van der Waals surface area (Å²) in [7, 11) is 0. The van der Waals surface area contributed by atoms with Crippen LogP contribution in [0.4, 0.5) is 0 Å². The van der Waals surface area contributed by atoms with Crippen molar-refractivity contribution < 1.29 is 62.6 Å². The molecule has 0 aliphatic carbocycles. The molecule has 0 bridgehead atoms. The van der Waals surface area contributed by atoms with Crippen LogP contribution in [0.25, 0.3) is 0 Å². The van der Waals surface area contributed by atoms with E-state index in [0.29, 0.717) is 6.42 Å². The molecule has 58 heavy (non-hydrogen) atoms. The molecule has 18 N–H and O–H groups in total. The molecule has 0 aromatic carbocycles. The van der Waals surface area contributed by atoms with E-state index in [-0.39, 0.29) is 25.5 Å². The monoisotopic (exact) mass is 829 g/mol. The lowest BCUT2D eigenvalue weighted by molar-refractivity contribution is -0.138. The SMILES string of the molecule is C[C@H](NC(=O)CNC(=O)CNC(=O)CNC(=O)CNC(=O)[C@H](C)NC(=O)[C@H](CCCN=C(N)N)NC(=O)CN)C(=O)NCC(=O)NCC(=O)NCC(=O)NCC(=O)O. The third-order valence-corrected chi connectivity index (χ3v) is 6.82. The molecule has 0 unspecified atom stereocenters. The lowest BCUT2D eigenvalue weighted by Gasteiger charge is -2.21. The standard InChI is InChI=1S/C30H51N15O13/c1-15(27(56)41-11-23(51)37-8-20(48)36-10-22(50)40-14-26(54)55)43-25(53)13-39-21(49)9-35-19(47)7-38-24(52)12-42-28(57)16(2)44-29(58)17(45-18(46)6-31)4-3-5-34-30(32)33/h15-17H,3-14,31H2,1-2H3,(H,35,47)(H,36,48)(H,37,51)(H,38,52)(H,39,49)(H,40,50)(H,41,56)(H,42,57)(H,43,53)(H,44,58)(H,45,46)(H,54,55)(H4,32,33,34)/t15-,16-,17-/m0/s1. The van der Waals surface area contributed by atoms with E-state index in [4.69, 9.17) is 22.3 Å². The van der Waals surface area contributed by atoms with Crippen molar-refractivity contribution in [2.75, 3.05) is 65.4 Å². The minimum absolute atomic E-state index is 0.121.